The third kappa shape index (κ3) is 37.8. The van der Waals surface area contributed by atoms with E-state index in [1.165, 1.54) is 89.9 Å². The Hall–Kier alpha value is -2.64. The summed E-state index contributed by atoms with van der Waals surface area (Å²) < 4.78 is 16.6. The number of unbranched alkanes of at least 4 members (excludes halogenated alkanes) is 26. The third-order valence-electron chi connectivity index (χ3n) is 12.9. The van der Waals surface area contributed by atoms with E-state index in [0.717, 1.165) is 116 Å². The molecule has 69 heavy (non-hydrogen) atoms. The molecule has 1 amide bonds. The van der Waals surface area contributed by atoms with Crippen molar-refractivity contribution in [3.63, 3.8) is 0 Å². The highest BCUT2D eigenvalue weighted by atomic mass is 16.7. The van der Waals surface area contributed by atoms with Crippen molar-refractivity contribution in [2.24, 2.45) is 0 Å². The number of nitrogens with one attached hydrogen (secondary N) is 1. The van der Waals surface area contributed by atoms with Gasteiger partial charge < -0.3 is 45.1 Å². The number of aliphatic hydroxyl groups is 5. The molecule has 6 N–H and O–H groups in total. The first-order chi connectivity index (χ1) is 33.7. The lowest BCUT2D eigenvalue weighted by molar-refractivity contribution is -0.302. The van der Waals surface area contributed by atoms with Gasteiger partial charge >= 0.3 is 5.97 Å². The maximum Gasteiger partial charge on any atom is 0.305 e. The van der Waals surface area contributed by atoms with E-state index in [1.54, 1.807) is 6.08 Å². The monoisotopic (exact) mass is 974 g/mol. The van der Waals surface area contributed by atoms with Gasteiger partial charge in [-0.2, -0.15) is 0 Å². The molecule has 11 heteroatoms. The largest absolute Gasteiger partial charge is 0.466 e. The molecule has 7 atom stereocenters. The fourth-order valence-electron chi connectivity index (χ4n) is 8.32. The molecule has 0 aromatic rings. The Morgan fingerprint density at radius 2 is 1.03 bits per heavy atom. The van der Waals surface area contributed by atoms with Gasteiger partial charge in [-0.05, 0) is 89.9 Å². The summed E-state index contributed by atoms with van der Waals surface area (Å²) in [5.41, 5.74) is 0. The number of amides is 1. The van der Waals surface area contributed by atoms with Crippen LogP contribution in [0, 0.1) is 0 Å². The quantitative estimate of drug-likeness (QED) is 0.0149. The highest BCUT2D eigenvalue weighted by Gasteiger charge is 2.44. The standard InChI is InChI=1S/C58H103NO10/c1-3-5-7-9-11-13-15-17-22-26-30-34-38-42-46-54(63)67-47-43-39-35-31-27-23-20-18-19-21-25-29-33-37-41-45-53(62)59-50(49-68-58-57(66)56(65)55(64)52(48-60)69-58)51(61)44-40-36-32-28-24-16-14-12-10-8-6-4-2/h9,11,15,17-18,20,23,27,40,44,50-52,55-58,60-61,64-66H,3-8,10,12-14,16,19,21-22,24-26,28-39,41-43,45-49H2,1-2H3,(H,59,62)/b11-9-,17-15-,20-18-,27-23-,44-40+. The van der Waals surface area contributed by atoms with Crippen molar-refractivity contribution in [1.29, 1.82) is 0 Å². The van der Waals surface area contributed by atoms with Gasteiger partial charge in [-0.3, -0.25) is 9.59 Å². The summed E-state index contributed by atoms with van der Waals surface area (Å²) in [5.74, 6) is -0.263. The number of hydrogen-bond acceptors (Lipinski definition) is 10. The number of esters is 1. The summed E-state index contributed by atoms with van der Waals surface area (Å²) in [5, 5.41) is 54.3. The smallest absolute Gasteiger partial charge is 0.305 e. The van der Waals surface area contributed by atoms with E-state index in [1.807, 2.05) is 6.08 Å². The van der Waals surface area contributed by atoms with E-state index < -0.39 is 49.5 Å². The summed E-state index contributed by atoms with van der Waals surface area (Å²) in [7, 11) is 0. The molecule has 1 saturated heterocycles. The Bertz CT molecular complexity index is 1330. The molecule has 0 radical (unpaired) electrons. The van der Waals surface area contributed by atoms with Crippen molar-refractivity contribution in [2.45, 2.75) is 275 Å². The summed E-state index contributed by atoms with van der Waals surface area (Å²) in [4.78, 5) is 25.0. The minimum absolute atomic E-state index is 0.0566. The van der Waals surface area contributed by atoms with Gasteiger partial charge in [0.15, 0.2) is 6.29 Å². The van der Waals surface area contributed by atoms with Gasteiger partial charge in [0.2, 0.25) is 5.91 Å². The van der Waals surface area contributed by atoms with Crippen LogP contribution in [0.3, 0.4) is 0 Å². The second kappa shape index (κ2) is 47.7. The summed E-state index contributed by atoms with van der Waals surface area (Å²) >= 11 is 0. The molecule has 1 aliphatic heterocycles. The van der Waals surface area contributed by atoms with Crippen molar-refractivity contribution in [3.8, 4) is 0 Å². The molecule has 0 spiro atoms. The maximum atomic E-state index is 13.0. The second-order valence-corrected chi connectivity index (χ2v) is 19.3. The minimum atomic E-state index is -1.58. The predicted octanol–water partition coefficient (Wildman–Crippen LogP) is 12.3. The molecule has 1 aliphatic rings. The van der Waals surface area contributed by atoms with Crippen LogP contribution in [0.4, 0.5) is 0 Å². The van der Waals surface area contributed by atoms with Crippen molar-refractivity contribution in [3.05, 3.63) is 60.8 Å². The van der Waals surface area contributed by atoms with E-state index in [-0.39, 0.29) is 18.5 Å². The van der Waals surface area contributed by atoms with Crippen LogP contribution in [-0.2, 0) is 23.8 Å². The highest BCUT2D eigenvalue weighted by Crippen LogP contribution is 2.23. The van der Waals surface area contributed by atoms with Crippen molar-refractivity contribution >= 4 is 11.9 Å². The Kier molecular flexibility index (Phi) is 44.5. The normalized spacial score (nSPS) is 19.8. The third-order valence-corrected chi connectivity index (χ3v) is 12.9. The van der Waals surface area contributed by atoms with Gasteiger partial charge in [0, 0.05) is 12.8 Å². The molecular weight excluding hydrogens is 871 g/mol. The minimum Gasteiger partial charge on any atom is -0.466 e. The summed E-state index contributed by atoms with van der Waals surface area (Å²) in [6, 6.07) is -0.828. The highest BCUT2D eigenvalue weighted by molar-refractivity contribution is 5.76. The second-order valence-electron chi connectivity index (χ2n) is 19.3. The molecule has 0 saturated carbocycles. The molecule has 1 heterocycles. The van der Waals surface area contributed by atoms with Crippen LogP contribution >= 0.6 is 0 Å². The first-order valence-corrected chi connectivity index (χ1v) is 28.1. The molecule has 0 aliphatic carbocycles. The Labute approximate surface area is 420 Å². The Morgan fingerprint density at radius 3 is 1.59 bits per heavy atom. The fourth-order valence-corrected chi connectivity index (χ4v) is 8.32. The fraction of sp³-hybridized carbons (Fsp3) is 0.793. The zero-order valence-electron chi connectivity index (χ0n) is 43.8. The van der Waals surface area contributed by atoms with E-state index in [0.29, 0.717) is 19.4 Å². The van der Waals surface area contributed by atoms with Crippen LogP contribution in [-0.4, -0.2) is 100 Å². The van der Waals surface area contributed by atoms with Crippen molar-refractivity contribution < 1.29 is 49.3 Å². The van der Waals surface area contributed by atoms with E-state index in [2.05, 4.69) is 67.8 Å². The van der Waals surface area contributed by atoms with Crippen molar-refractivity contribution in [1.82, 2.24) is 5.32 Å². The van der Waals surface area contributed by atoms with Gasteiger partial charge in [-0.25, -0.2) is 0 Å². The SMILES string of the molecule is CCCC/C=C\C/C=C\CCCCCCCC(=O)OCCCCC/C=C\C=C/CCCCCCCCC(=O)NC(COC1OC(CO)C(O)C(O)C1O)C(O)/C=C/CCCCCCCCCCCC. The first-order valence-electron chi connectivity index (χ1n) is 28.1. The number of carbonyl (C=O) groups excluding carboxylic acids is 2. The van der Waals surface area contributed by atoms with E-state index in [4.69, 9.17) is 14.2 Å². The average Bonchev–Trinajstić information content (AvgIpc) is 3.34. The topological polar surface area (TPSA) is 175 Å². The van der Waals surface area contributed by atoms with Crippen molar-refractivity contribution in [2.75, 3.05) is 19.8 Å². The van der Waals surface area contributed by atoms with Crippen LogP contribution in [0.2, 0.25) is 0 Å². The van der Waals surface area contributed by atoms with Crippen LogP contribution in [0.15, 0.2) is 60.8 Å². The van der Waals surface area contributed by atoms with E-state index >= 15 is 0 Å². The molecular formula is C58H103NO10. The average molecular weight is 974 g/mol. The zero-order chi connectivity index (χ0) is 50.3. The number of ether oxygens (including phenoxy) is 3. The van der Waals surface area contributed by atoms with Crippen LogP contribution in [0.25, 0.3) is 0 Å². The molecule has 0 aromatic heterocycles. The number of allylic oxidation sites excluding steroid dienone is 9. The Balaban J connectivity index is 2.17. The van der Waals surface area contributed by atoms with Gasteiger partial charge in [0.05, 0.1) is 32.0 Å². The van der Waals surface area contributed by atoms with Crippen LogP contribution in [0.1, 0.15) is 232 Å². The van der Waals surface area contributed by atoms with Gasteiger partial charge in [0.1, 0.15) is 24.4 Å². The Morgan fingerprint density at radius 1 is 0.551 bits per heavy atom. The number of rotatable bonds is 47. The number of carbonyl (C=O) groups is 2. The number of aliphatic hydroxyl groups excluding tert-OH is 5. The van der Waals surface area contributed by atoms with Gasteiger partial charge in [0.25, 0.3) is 0 Å². The summed E-state index contributed by atoms with van der Waals surface area (Å²) in [6.45, 7) is 4.20. The lowest BCUT2D eigenvalue weighted by atomic mass is 9.99. The molecule has 0 aromatic carbocycles. The van der Waals surface area contributed by atoms with Gasteiger partial charge in [-0.15, -0.1) is 0 Å². The molecule has 1 rings (SSSR count). The summed E-state index contributed by atoms with van der Waals surface area (Å²) in [6.07, 6.45) is 50.1. The maximum absolute atomic E-state index is 13.0. The molecule has 7 unspecified atom stereocenters. The van der Waals surface area contributed by atoms with Crippen LogP contribution < -0.4 is 5.32 Å². The number of hydrogen-bond donors (Lipinski definition) is 6. The molecule has 11 nitrogen and oxygen atoms in total. The van der Waals surface area contributed by atoms with E-state index in [9.17, 15) is 35.1 Å². The molecule has 1 fully saturated rings. The lowest BCUT2D eigenvalue weighted by Gasteiger charge is -2.40. The van der Waals surface area contributed by atoms with Crippen LogP contribution in [0.5, 0.6) is 0 Å². The van der Waals surface area contributed by atoms with Gasteiger partial charge in [-0.1, -0.05) is 190 Å². The predicted molar refractivity (Wildman–Crippen MR) is 283 cm³/mol. The first kappa shape index (κ1) is 64.4. The zero-order valence-corrected chi connectivity index (χ0v) is 43.8. The molecule has 400 valence electrons. The lowest BCUT2D eigenvalue weighted by Crippen LogP contribution is -2.60. The molecule has 0 bridgehead atoms.